The highest BCUT2D eigenvalue weighted by atomic mass is 16.5. The van der Waals surface area contributed by atoms with Gasteiger partial charge in [-0.05, 0) is 35.7 Å². The van der Waals surface area contributed by atoms with Gasteiger partial charge in [0.15, 0.2) is 0 Å². The minimum absolute atomic E-state index is 0.0324. The Morgan fingerprint density at radius 3 is 2.62 bits per heavy atom. The van der Waals surface area contributed by atoms with Crippen LogP contribution in [0.4, 0.5) is 0 Å². The lowest BCUT2D eigenvalue weighted by atomic mass is 9.87. The maximum atomic E-state index is 12.7. The summed E-state index contributed by atoms with van der Waals surface area (Å²) in [6.07, 6.45) is 2.32. The van der Waals surface area contributed by atoms with Crippen LogP contribution in [0, 0.1) is 0 Å². The van der Waals surface area contributed by atoms with E-state index in [9.17, 15) is 9.59 Å². The van der Waals surface area contributed by atoms with E-state index >= 15 is 0 Å². The third-order valence-electron chi connectivity index (χ3n) is 5.69. The van der Waals surface area contributed by atoms with Crippen LogP contribution < -0.4 is 10.1 Å². The number of hydrogen-bond acceptors (Lipinski definition) is 3. The molecule has 0 bridgehead atoms. The van der Waals surface area contributed by atoms with Gasteiger partial charge in [0.25, 0.3) is 5.91 Å². The number of ether oxygens (including phenoxy) is 1. The van der Waals surface area contributed by atoms with Gasteiger partial charge in [-0.2, -0.15) is 0 Å². The van der Waals surface area contributed by atoms with Gasteiger partial charge in [-0.15, -0.1) is 0 Å². The van der Waals surface area contributed by atoms with Crippen molar-refractivity contribution in [3.63, 3.8) is 0 Å². The maximum absolute atomic E-state index is 12.7. The van der Waals surface area contributed by atoms with Gasteiger partial charge in [0.05, 0.1) is 12.1 Å². The average molecular weight is 348 g/mol. The van der Waals surface area contributed by atoms with Crippen LogP contribution in [0.25, 0.3) is 11.1 Å². The molecule has 2 fully saturated rings. The molecule has 3 heterocycles. The molecule has 0 radical (unpaired) electrons. The molecule has 0 atom stereocenters. The van der Waals surface area contributed by atoms with Crippen LogP contribution in [-0.2, 0) is 11.2 Å². The molecule has 0 saturated carbocycles. The Balaban J connectivity index is 1.32. The molecule has 5 nitrogen and oxygen atoms in total. The Labute approximate surface area is 152 Å². The summed E-state index contributed by atoms with van der Waals surface area (Å²) in [5.41, 5.74) is 4.05. The van der Waals surface area contributed by atoms with Crippen LogP contribution >= 0.6 is 0 Å². The van der Waals surface area contributed by atoms with Gasteiger partial charge >= 0.3 is 0 Å². The zero-order valence-corrected chi connectivity index (χ0v) is 14.5. The molecule has 3 aliphatic heterocycles. The number of fused-ring (bicyclic) bond motifs is 1. The molecule has 26 heavy (non-hydrogen) atoms. The number of rotatable bonds is 2. The van der Waals surface area contributed by atoms with Crippen molar-refractivity contribution < 1.29 is 14.3 Å². The van der Waals surface area contributed by atoms with Crippen molar-refractivity contribution in [2.24, 2.45) is 0 Å². The summed E-state index contributed by atoms with van der Waals surface area (Å²) in [6, 6.07) is 13.9. The highest BCUT2D eigenvalue weighted by Gasteiger charge is 2.49. The molecule has 2 aromatic carbocycles. The number of carbonyl (C=O) groups is 2. The third kappa shape index (κ3) is 2.38. The summed E-state index contributed by atoms with van der Waals surface area (Å²) in [5, 5.41) is 3.01. The van der Waals surface area contributed by atoms with E-state index in [0.29, 0.717) is 25.1 Å². The lowest BCUT2D eigenvalue weighted by Gasteiger charge is -2.47. The summed E-state index contributed by atoms with van der Waals surface area (Å²) in [4.78, 5) is 25.9. The second-order valence-electron chi connectivity index (χ2n) is 7.45. The zero-order chi connectivity index (χ0) is 17.7. The summed E-state index contributed by atoms with van der Waals surface area (Å²) in [5.74, 6) is 1.10. The monoisotopic (exact) mass is 348 g/mol. The van der Waals surface area contributed by atoms with E-state index in [0.717, 1.165) is 30.8 Å². The second kappa shape index (κ2) is 5.59. The molecule has 3 aliphatic rings. The van der Waals surface area contributed by atoms with E-state index in [1.807, 2.05) is 41.3 Å². The molecule has 0 aliphatic carbocycles. The average Bonchev–Trinajstić information content (AvgIpc) is 3.26. The van der Waals surface area contributed by atoms with Crippen molar-refractivity contribution in [1.82, 2.24) is 10.2 Å². The molecule has 2 saturated heterocycles. The number of benzene rings is 2. The van der Waals surface area contributed by atoms with Crippen molar-refractivity contribution in [2.45, 2.75) is 24.8 Å². The number of carbonyl (C=O) groups excluding carboxylic acids is 2. The van der Waals surface area contributed by atoms with E-state index in [2.05, 4.69) is 11.4 Å². The first-order valence-electron chi connectivity index (χ1n) is 9.09. The minimum atomic E-state index is -0.169. The van der Waals surface area contributed by atoms with Gasteiger partial charge in [0, 0.05) is 37.1 Å². The van der Waals surface area contributed by atoms with Gasteiger partial charge in [0.2, 0.25) is 5.91 Å². The van der Waals surface area contributed by atoms with Gasteiger partial charge in [-0.25, -0.2) is 0 Å². The Morgan fingerprint density at radius 2 is 1.88 bits per heavy atom. The summed E-state index contributed by atoms with van der Waals surface area (Å²) in [6.45, 7) is 1.96. The first-order valence-corrected chi connectivity index (χ1v) is 9.09. The molecule has 132 valence electrons. The zero-order valence-electron chi connectivity index (χ0n) is 14.5. The lowest BCUT2D eigenvalue weighted by Crippen LogP contribution is -2.68. The molecule has 1 spiro atoms. The summed E-state index contributed by atoms with van der Waals surface area (Å²) < 4.78 is 5.64. The molecular weight excluding hydrogens is 328 g/mol. The molecule has 2 amide bonds. The van der Waals surface area contributed by atoms with Crippen molar-refractivity contribution in [1.29, 1.82) is 0 Å². The van der Waals surface area contributed by atoms with Crippen LogP contribution in [0.5, 0.6) is 5.75 Å². The van der Waals surface area contributed by atoms with Gasteiger partial charge in [0.1, 0.15) is 5.75 Å². The highest BCUT2D eigenvalue weighted by Crippen LogP contribution is 2.35. The van der Waals surface area contributed by atoms with Crippen molar-refractivity contribution >= 4 is 11.8 Å². The first-order chi connectivity index (χ1) is 12.6. The maximum Gasteiger partial charge on any atom is 0.254 e. The number of amides is 2. The highest BCUT2D eigenvalue weighted by molar-refractivity contribution is 5.96. The predicted octanol–water partition coefficient (Wildman–Crippen LogP) is 2.39. The standard InChI is InChI=1S/C21H20N2O3/c24-19-8-10-21(22-19)12-23(13-21)20(25)15-6-4-14(5-7-15)16-2-1-3-18-17(16)9-11-26-18/h1-7H,8-13H2,(H,22,24). The Hall–Kier alpha value is -2.82. The Kier molecular flexibility index (Phi) is 3.32. The smallest absolute Gasteiger partial charge is 0.254 e. The molecule has 0 unspecified atom stereocenters. The van der Waals surface area contributed by atoms with Crippen LogP contribution in [0.1, 0.15) is 28.8 Å². The molecule has 5 rings (SSSR count). The van der Waals surface area contributed by atoms with E-state index in [4.69, 9.17) is 4.74 Å². The van der Waals surface area contributed by atoms with E-state index in [-0.39, 0.29) is 17.4 Å². The number of likely N-dealkylation sites (tertiary alicyclic amines) is 1. The number of hydrogen-bond donors (Lipinski definition) is 1. The number of nitrogens with zero attached hydrogens (tertiary/aromatic N) is 1. The normalized spacial score (nSPS) is 19.7. The fourth-order valence-corrected chi connectivity index (χ4v) is 4.31. The van der Waals surface area contributed by atoms with E-state index < -0.39 is 0 Å². The minimum Gasteiger partial charge on any atom is -0.493 e. The SMILES string of the molecule is O=C1CCC2(CN(C(=O)c3ccc(-c4cccc5c4CCO5)cc3)C2)N1. The van der Waals surface area contributed by atoms with Crippen LogP contribution in [0.3, 0.4) is 0 Å². The fraction of sp³-hybridized carbons (Fsp3) is 0.333. The van der Waals surface area contributed by atoms with E-state index in [1.165, 1.54) is 11.1 Å². The van der Waals surface area contributed by atoms with Crippen LogP contribution in [-0.4, -0.2) is 41.9 Å². The largest absolute Gasteiger partial charge is 0.493 e. The fourth-order valence-electron chi connectivity index (χ4n) is 4.31. The predicted molar refractivity (Wildman–Crippen MR) is 97.1 cm³/mol. The molecule has 1 N–H and O–H groups in total. The summed E-state index contributed by atoms with van der Waals surface area (Å²) >= 11 is 0. The van der Waals surface area contributed by atoms with Crippen LogP contribution in [0.15, 0.2) is 42.5 Å². The van der Waals surface area contributed by atoms with Gasteiger partial charge < -0.3 is 15.0 Å². The van der Waals surface area contributed by atoms with Crippen molar-refractivity contribution in [3.8, 4) is 16.9 Å². The molecular formula is C21H20N2O3. The first kappa shape index (κ1) is 15.4. The molecule has 5 heteroatoms. The second-order valence-corrected chi connectivity index (χ2v) is 7.45. The third-order valence-corrected chi connectivity index (χ3v) is 5.69. The van der Waals surface area contributed by atoms with Crippen LogP contribution in [0.2, 0.25) is 0 Å². The lowest BCUT2D eigenvalue weighted by molar-refractivity contribution is -0.120. The topological polar surface area (TPSA) is 58.6 Å². The quantitative estimate of drug-likeness (QED) is 0.907. The Bertz CT molecular complexity index is 898. The molecule has 2 aromatic rings. The molecule has 0 aromatic heterocycles. The van der Waals surface area contributed by atoms with E-state index in [1.54, 1.807) is 0 Å². The van der Waals surface area contributed by atoms with Gasteiger partial charge in [-0.3, -0.25) is 9.59 Å². The van der Waals surface area contributed by atoms with Crippen molar-refractivity contribution in [3.05, 3.63) is 53.6 Å². The number of nitrogens with one attached hydrogen (secondary N) is 1. The summed E-state index contributed by atoms with van der Waals surface area (Å²) in [7, 11) is 0. The van der Waals surface area contributed by atoms with Gasteiger partial charge in [-0.1, -0.05) is 24.3 Å². The van der Waals surface area contributed by atoms with Crippen molar-refractivity contribution in [2.75, 3.05) is 19.7 Å². The Morgan fingerprint density at radius 1 is 1.08 bits per heavy atom.